The number of hydrogen-bond acceptors (Lipinski definition) is 5. The number of ether oxygens (including phenoxy) is 1. The molecule has 2 bridgehead atoms. The van der Waals surface area contributed by atoms with Crippen LogP contribution in [0.15, 0.2) is 11.6 Å². The summed E-state index contributed by atoms with van der Waals surface area (Å²) in [5.41, 5.74) is -1.10. The molecule has 5 nitrogen and oxygen atoms in total. The van der Waals surface area contributed by atoms with Crippen molar-refractivity contribution >= 4 is 5.97 Å². The Bertz CT molecular complexity index is 508. The van der Waals surface area contributed by atoms with Crippen LogP contribution in [0, 0.1) is 11.8 Å². The van der Waals surface area contributed by atoms with Gasteiger partial charge in [0.2, 0.25) is 0 Å². The molecule has 6 atom stereocenters. The van der Waals surface area contributed by atoms with Crippen molar-refractivity contribution in [2.75, 3.05) is 0 Å². The van der Waals surface area contributed by atoms with Gasteiger partial charge in [-0.2, -0.15) is 0 Å². The molecule has 3 N–H and O–H groups in total. The van der Waals surface area contributed by atoms with Crippen LogP contribution in [-0.4, -0.2) is 44.7 Å². The third-order valence-corrected chi connectivity index (χ3v) is 6.24. The largest absolute Gasteiger partial charge is 0.459 e. The molecule has 1 heterocycles. The van der Waals surface area contributed by atoms with Gasteiger partial charge in [0, 0.05) is 0 Å². The van der Waals surface area contributed by atoms with E-state index in [1.165, 1.54) is 0 Å². The number of carbonyl (C=O) groups is 1. The summed E-state index contributed by atoms with van der Waals surface area (Å²) in [4.78, 5) is 12.3. The first-order valence-electron chi connectivity index (χ1n) is 9.52. The lowest BCUT2D eigenvalue weighted by atomic mass is 9.75. The normalized spacial score (nSPS) is 46.5. The van der Waals surface area contributed by atoms with Crippen LogP contribution in [0.4, 0.5) is 0 Å². The quantitative estimate of drug-likeness (QED) is 0.460. The van der Waals surface area contributed by atoms with Crippen LogP contribution in [0.1, 0.15) is 72.6 Å². The van der Waals surface area contributed by atoms with Crippen molar-refractivity contribution in [1.82, 2.24) is 0 Å². The second kappa shape index (κ2) is 7.77. The van der Waals surface area contributed by atoms with Gasteiger partial charge in [-0.05, 0) is 71.6 Å². The molecule has 0 aromatic heterocycles. The molecule has 0 unspecified atom stereocenters. The lowest BCUT2D eigenvalue weighted by molar-refractivity contribution is -0.185. The van der Waals surface area contributed by atoms with E-state index in [9.17, 15) is 20.1 Å². The van der Waals surface area contributed by atoms with Gasteiger partial charge in [-0.3, -0.25) is 4.79 Å². The fourth-order valence-corrected chi connectivity index (χ4v) is 3.91. The SMILES string of the molecule is C/C1=C/CC[C@@](C)(O)[C@@H]2C[C@H](CC[C@](C)(O)[C@H](O)CC1)[C@@H](C)C(=O)O2. The molecule has 1 saturated heterocycles. The van der Waals surface area contributed by atoms with E-state index in [4.69, 9.17) is 4.74 Å². The second-order valence-electron chi connectivity index (χ2n) is 8.61. The lowest BCUT2D eigenvalue weighted by Crippen LogP contribution is -2.49. The lowest BCUT2D eigenvalue weighted by Gasteiger charge is -2.41. The molecule has 0 aromatic carbocycles. The van der Waals surface area contributed by atoms with E-state index in [-0.39, 0.29) is 17.8 Å². The van der Waals surface area contributed by atoms with Crippen LogP contribution in [0.25, 0.3) is 0 Å². The summed E-state index contributed by atoms with van der Waals surface area (Å²) in [6, 6.07) is 0. The molecule has 0 aromatic rings. The van der Waals surface area contributed by atoms with E-state index >= 15 is 0 Å². The molecule has 0 saturated carbocycles. The van der Waals surface area contributed by atoms with Crippen LogP contribution in [0.2, 0.25) is 0 Å². The van der Waals surface area contributed by atoms with Crippen molar-refractivity contribution in [3.8, 4) is 0 Å². The van der Waals surface area contributed by atoms with Gasteiger partial charge in [0.15, 0.2) is 0 Å². The zero-order valence-electron chi connectivity index (χ0n) is 16.0. The Labute approximate surface area is 151 Å². The van der Waals surface area contributed by atoms with Crippen LogP contribution in [-0.2, 0) is 9.53 Å². The zero-order chi connectivity index (χ0) is 18.8. The molecule has 2 aliphatic rings. The summed E-state index contributed by atoms with van der Waals surface area (Å²) in [5.74, 6) is -0.493. The van der Waals surface area contributed by atoms with Gasteiger partial charge in [-0.15, -0.1) is 0 Å². The van der Waals surface area contributed by atoms with Gasteiger partial charge in [-0.25, -0.2) is 0 Å². The van der Waals surface area contributed by atoms with E-state index in [2.05, 4.69) is 6.08 Å². The fraction of sp³-hybridized carbons (Fsp3) is 0.850. The molecule has 1 fully saturated rings. The van der Waals surface area contributed by atoms with Gasteiger partial charge in [0.05, 0.1) is 23.2 Å². The van der Waals surface area contributed by atoms with Crippen LogP contribution >= 0.6 is 0 Å². The maximum atomic E-state index is 12.3. The summed E-state index contributed by atoms with van der Waals surface area (Å²) >= 11 is 0. The van der Waals surface area contributed by atoms with Crippen molar-refractivity contribution < 1.29 is 24.9 Å². The number of hydrogen-bond donors (Lipinski definition) is 3. The molecule has 0 radical (unpaired) electrons. The smallest absolute Gasteiger partial charge is 0.309 e. The van der Waals surface area contributed by atoms with Crippen molar-refractivity contribution in [3.63, 3.8) is 0 Å². The predicted octanol–water partition coefficient (Wildman–Crippen LogP) is 2.72. The highest BCUT2D eigenvalue weighted by molar-refractivity contribution is 5.73. The Hall–Kier alpha value is -0.910. The summed E-state index contributed by atoms with van der Waals surface area (Å²) < 4.78 is 5.52. The molecule has 1 aliphatic carbocycles. The monoisotopic (exact) mass is 354 g/mol. The van der Waals surface area contributed by atoms with Crippen molar-refractivity contribution in [3.05, 3.63) is 11.6 Å². The van der Waals surface area contributed by atoms with Crippen LogP contribution in [0.3, 0.4) is 0 Å². The molecule has 5 heteroatoms. The highest BCUT2D eigenvalue weighted by atomic mass is 16.6. The number of allylic oxidation sites excluding steroid dienone is 2. The van der Waals surface area contributed by atoms with Gasteiger partial charge < -0.3 is 20.1 Å². The Morgan fingerprint density at radius 2 is 1.84 bits per heavy atom. The minimum Gasteiger partial charge on any atom is -0.459 e. The summed E-state index contributed by atoms with van der Waals surface area (Å²) in [7, 11) is 0. The topological polar surface area (TPSA) is 87.0 Å². The molecule has 0 spiro atoms. The van der Waals surface area contributed by atoms with Gasteiger partial charge in [-0.1, -0.05) is 18.6 Å². The van der Waals surface area contributed by atoms with Crippen LogP contribution < -0.4 is 0 Å². The number of aliphatic hydroxyl groups excluding tert-OH is 1. The minimum atomic E-state index is -1.18. The Kier molecular flexibility index (Phi) is 6.34. The van der Waals surface area contributed by atoms with E-state index in [1.54, 1.807) is 13.8 Å². The standard InChI is InChI=1S/C20H34O5/c1-13-6-5-10-20(4,24)17-12-15(14(2)18(22)25-17)9-11-19(3,23)16(21)8-7-13/h6,14-17,21,23-24H,5,7-12H2,1-4H3/b13-6-/t14-,15+,16-,17+,19+,20-/m1/s1. The average molecular weight is 354 g/mol. The maximum Gasteiger partial charge on any atom is 0.309 e. The van der Waals surface area contributed by atoms with E-state index in [1.807, 2.05) is 13.8 Å². The molecular weight excluding hydrogens is 320 g/mol. The van der Waals surface area contributed by atoms with Crippen molar-refractivity contribution in [1.29, 1.82) is 0 Å². The van der Waals surface area contributed by atoms with Crippen molar-refractivity contribution in [2.24, 2.45) is 11.8 Å². The fourth-order valence-electron chi connectivity index (χ4n) is 3.91. The van der Waals surface area contributed by atoms with Gasteiger partial charge in [0.25, 0.3) is 0 Å². The van der Waals surface area contributed by atoms with E-state index in [0.29, 0.717) is 38.5 Å². The molecular formula is C20H34O5. The zero-order valence-corrected chi connectivity index (χ0v) is 16.0. The first kappa shape index (κ1) is 20.4. The van der Waals surface area contributed by atoms with Gasteiger partial charge >= 0.3 is 5.97 Å². The van der Waals surface area contributed by atoms with E-state index in [0.717, 1.165) is 12.0 Å². The Morgan fingerprint density at radius 1 is 1.16 bits per heavy atom. The highest BCUT2D eigenvalue weighted by Gasteiger charge is 2.44. The third-order valence-electron chi connectivity index (χ3n) is 6.24. The molecule has 0 amide bonds. The number of rotatable bonds is 0. The van der Waals surface area contributed by atoms with Gasteiger partial charge in [0.1, 0.15) is 6.10 Å². The Balaban J connectivity index is 2.24. The average Bonchev–Trinajstić information content (AvgIpc) is 2.52. The molecule has 1 aliphatic heterocycles. The summed E-state index contributed by atoms with van der Waals surface area (Å²) in [6.07, 6.45) is 4.85. The summed E-state index contributed by atoms with van der Waals surface area (Å²) in [6.45, 7) is 7.26. The van der Waals surface area contributed by atoms with Crippen LogP contribution in [0.5, 0.6) is 0 Å². The number of esters is 1. The predicted molar refractivity (Wildman–Crippen MR) is 95.9 cm³/mol. The minimum absolute atomic E-state index is 0.0385. The van der Waals surface area contributed by atoms with Crippen molar-refractivity contribution in [2.45, 2.75) is 96.1 Å². The molecule has 25 heavy (non-hydrogen) atoms. The summed E-state index contributed by atoms with van der Waals surface area (Å²) in [5, 5.41) is 31.9. The molecule has 144 valence electrons. The van der Waals surface area contributed by atoms with E-state index < -0.39 is 23.4 Å². The third kappa shape index (κ3) is 5.05. The number of aliphatic hydroxyl groups is 3. The first-order chi connectivity index (χ1) is 11.5. The Morgan fingerprint density at radius 3 is 2.52 bits per heavy atom. The number of carbonyl (C=O) groups excluding carboxylic acids is 1. The molecule has 2 rings (SSSR count). The maximum absolute atomic E-state index is 12.3. The first-order valence-corrected chi connectivity index (χ1v) is 9.52. The highest BCUT2D eigenvalue weighted by Crippen LogP contribution is 2.38. The number of fused-ring (bicyclic) bond motifs is 2. The second-order valence-corrected chi connectivity index (χ2v) is 8.61.